The van der Waals surface area contributed by atoms with Crippen molar-refractivity contribution < 1.29 is 8.42 Å². The maximum absolute atomic E-state index is 11.8. The van der Waals surface area contributed by atoms with Crippen molar-refractivity contribution in [2.75, 3.05) is 5.73 Å². The van der Waals surface area contributed by atoms with E-state index in [2.05, 4.69) is 15.7 Å². The molecular formula is C9H14N4O2S. The highest BCUT2D eigenvalue weighted by Gasteiger charge is 2.22. The number of aromatic nitrogens is 2. The number of rotatable bonds is 4. The Hall–Kier alpha value is -1.52. The summed E-state index contributed by atoms with van der Waals surface area (Å²) in [6, 6.07) is -0.589. The van der Waals surface area contributed by atoms with Crippen LogP contribution < -0.4 is 10.5 Å². The molecule has 0 aliphatic heterocycles. The highest BCUT2D eigenvalue weighted by Crippen LogP contribution is 2.16. The second-order valence-electron chi connectivity index (χ2n) is 3.24. The normalized spacial score (nSPS) is 13.3. The maximum atomic E-state index is 11.8. The van der Waals surface area contributed by atoms with Crippen molar-refractivity contribution in [3.05, 3.63) is 6.20 Å². The van der Waals surface area contributed by atoms with E-state index < -0.39 is 16.1 Å². The molecule has 0 aliphatic carbocycles. The van der Waals surface area contributed by atoms with Gasteiger partial charge in [-0.3, -0.25) is 4.68 Å². The zero-order chi connectivity index (χ0) is 12.3. The molecule has 0 fully saturated rings. The van der Waals surface area contributed by atoms with Crippen LogP contribution >= 0.6 is 0 Å². The first-order chi connectivity index (χ1) is 7.40. The lowest BCUT2D eigenvalue weighted by atomic mass is 10.4. The van der Waals surface area contributed by atoms with Crippen LogP contribution in [0.15, 0.2) is 11.1 Å². The van der Waals surface area contributed by atoms with Crippen LogP contribution in [0.5, 0.6) is 0 Å². The van der Waals surface area contributed by atoms with Crippen LogP contribution in [-0.2, 0) is 16.6 Å². The smallest absolute Gasteiger partial charge is 0.246 e. The molecule has 0 bridgehead atoms. The summed E-state index contributed by atoms with van der Waals surface area (Å²) in [6.45, 7) is 3.95. The van der Waals surface area contributed by atoms with Crippen LogP contribution in [0, 0.1) is 12.3 Å². The molecule has 0 aromatic carbocycles. The monoisotopic (exact) mass is 242 g/mol. The predicted octanol–water partition coefficient (Wildman–Crippen LogP) is -0.215. The van der Waals surface area contributed by atoms with Gasteiger partial charge in [0.2, 0.25) is 10.0 Å². The molecule has 7 heteroatoms. The second kappa shape index (κ2) is 4.55. The Kier molecular flexibility index (Phi) is 3.57. The fraction of sp³-hybridized carbons (Fsp3) is 0.444. The van der Waals surface area contributed by atoms with Gasteiger partial charge in [-0.2, -0.15) is 9.82 Å². The molecule has 1 atom stereocenters. The van der Waals surface area contributed by atoms with E-state index in [1.54, 1.807) is 6.92 Å². The third-order valence-corrected chi connectivity index (χ3v) is 3.51. The fourth-order valence-corrected chi connectivity index (χ4v) is 2.35. The van der Waals surface area contributed by atoms with E-state index in [0.29, 0.717) is 6.54 Å². The van der Waals surface area contributed by atoms with Crippen LogP contribution in [0.3, 0.4) is 0 Å². The number of hydrogen-bond acceptors (Lipinski definition) is 4. The van der Waals surface area contributed by atoms with Gasteiger partial charge in [0.1, 0.15) is 4.90 Å². The Balaban J connectivity index is 3.08. The van der Waals surface area contributed by atoms with E-state index in [1.165, 1.54) is 10.9 Å². The molecule has 1 aromatic rings. The molecule has 0 aliphatic rings. The first-order valence-electron chi connectivity index (χ1n) is 4.72. The van der Waals surface area contributed by atoms with E-state index in [1.807, 2.05) is 6.92 Å². The number of terminal acetylenes is 1. The lowest BCUT2D eigenvalue weighted by molar-refractivity contribution is 0.577. The van der Waals surface area contributed by atoms with E-state index in [4.69, 9.17) is 12.2 Å². The van der Waals surface area contributed by atoms with E-state index in [9.17, 15) is 8.42 Å². The summed E-state index contributed by atoms with van der Waals surface area (Å²) < 4.78 is 27.4. The number of nitrogens with zero attached hydrogens (tertiary/aromatic N) is 2. The molecule has 0 radical (unpaired) electrons. The SMILES string of the molecule is C#CC(C)NS(=O)(=O)c1cn(CC)nc1N. The van der Waals surface area contributed by atoms with E-state index in [-0.39, 0.29) is 10.7 Å². The number of aryl methyl sites for hydroxylation is 1. The molecule has 1 unspecified atom stereocenters. The summed E-state index contributed by atoms with van der Waals surface area (Å²) in [7, 11) is -3.69. The van der Waals surface area contributed by atoms with Gasteiger partial charge in [0.05, 0.1) is 6.04 Å². The molecular weight excluding hydrogens is 228 g/mol. The van der Waals surface area contributed by atoms with Gasteiger partial charge < -0.3 is 5.73 Å². The number of nitrogen functional groups attached to an aromatic ring is 1. The Labute approximate surface area is 94.9 Å². The lowest BCUT2D eigenvalue weighted by Gasteiger charge is -2.07. The van der Waals surface area contributed by atoms with Crippen molar-refractivity contribution in [3.8, 4) is 12.3 Å². The van der Waals surface area contributed by atoms with Crippen LogP contribution in [0.25, 0.3) is 0 Å². The largest absolute Gasteiger partial charge is 0.381 e. The van der Waals surface area contributed by atoms with Gasteiger partial charge in [-0.25, -0.2) is 8.42 Å². The van der Waals surface area contributed by atoms with Crippen LogP contribution in [0.1, 0.15) is 13.8 Å². The van der Waals surface area contributed by atoms with Crippen molar-refractivity contribution in [3.63, 3.8) is 0 Å². The number of nitrogens with two attached hydrogens (primary N) is 1. The first kappa shape index (κ1) is 12.5. The lowest BCUT2D eigenvalue weighted by Crippen LogP contribution is -2.31. The molecule has 1 heterocycles. The second-order valence-corrected chi connectivity index (χ2v) is 4.93. The molecule has 16 heavy (non-hydrogen) atoms. The summed E-state index contributed by atoms with van der Waals surface area (Å²) >= 11 is 0. The molecule has 0 spiro atoms. The van der Waals surface area contributed by atoms with Crippen LogP contribution in [0.4, 0.5) is 5.82 Å². The highest BCUT2D eigenvalue weighted by atomic mass is 32.2. The van der Waals surface area contributed by atoms with Gasteiger partial charge in [0.25, 0.3) is 0 Å². The standard InChI is InChI=1S/C9H14N4O2S/c1-4-7(3)12-16(14,15)8-6-13(5-2)11-9(8)10/h1,6-7,12H,5H2,2-3H3,(H2,10,11). The minimum Gasteiger partial charge on any atom is -0.381 e. The molecule has 0 saturated heterocycles. The van der Waals surface area contributed by atoms with Crippen molar-refractivity contribution in [2.45, 2.75) is 31.3 Å². The average Bonchev–Trinajstić information content (AvgIpc) is 2.59. The Morgan fingerprint density at radius 2 is 2.38 bits per heavy atom. The fourth-order valence-electron chi connectivity index (χ4n) is 1.12. The van der Waals surface area contributed by atoms with Crippen LogP contribution in [0.2, 0.25) is 0 Å². The van der Waals surface area contributed by atoms with Gasteiger partial charge in [-0.1, -0.05) is 5.92 Å². The maximum Gasteiger partial charge on any atom is 0.246 e. The minimum atomic E-state index is -3.69. The third kappa shape index (κ3) is 2.53. The number of nitrogens with one attached hydrogen (secondary N) is 1. The zero-order valence-electron chi connectivity index (χ0n) is 9.14. The van der Waals surface area contributed by atoms with E-state index >= 15 is 0 Å². The molecule has 88 valence electrons. The summed E-state index contributed by atoms with van der Waals surface area (Å²) in [6.07, 6.45) is 6.47. The molecule has 0 saturated carbocycles. The van der Waals surface area contributed by atoms with Gasteiger partial charge in [-0.15, -0.1) is 6.42 Å². The number of sulfonamides is 1. The average molecular weight is 242 g/mol. The van der Waals surface area contributed by atoms with Crippen LogP contribution in [-0.4, -0.2) is 24.2 Å². The Morgan fingerprint density at radius 3 is 2.81 bits per heavy atom. The predicted molar refractivity (Wildman–Crippen MR) is 60.9 cm³/mol. The Bertz CT molecular complexity index is 512. The quantitative estimate of drug-likeness (QED) is 0.715. The third-order valence-electron chi connectivity index (χ3n) is 1.95. The van der Waals surface area contributed by atoms with Gasteiger partial charge >= 0.3 is 0 Å². The van der Waals surface area contributed by atoms with E-state index in [0.717, 1.165) is 0 Å². The molecule has 0 amide bonds. The van der Waals surface area contributed by atoms with Gasteiger partial charge in [0.15, 0.2) is 5.82 Å². The topological polar surface area (TPSA) is 90.0 Å². The first-order valence-corrected chi connectivity index (χ1v) is 6.20. The number of hydrogen-bond donors (Lipinski definition) is 2. The van der Waals surface area contributed by atoms with Crippen molar-refractivity contribution in [2.24, 2.45) is 0 Å². The van der Waals surface area contributed by atoms with Gasteiger partial charge in [0, 0.05) is 12.7 Å². The number of anilines is 1. The molecule has 3 N–H and O–H groups in total. The van der Waals surface area contributed by atoms with Gasteiger partial charge in [-0.05, 0) is 13.8 Å². The summed E-state index contributed by atoms with van der Waals surface area (Å²) in [4.78, 5) is -0.0450. The minimum absolute atomic E-state index is 0.0291. The summed E-state index contributed by atoms with van der Waals surface area (Å²) in [5.74, 6) is 2.24. The zero-order valence-corrected chi connectivity index (χ0v) is 9.95. The van der Waals surface area contributed by atoms with Crippen molar-refractivity contribution in [1.82, 2.24) is 14.5 Å². The van der Waals surface area contributed by atoms with Crippen molar-refractivity contribution in [1.29, 1.82) is 0 Å². The highest BCUT2D eigenvalue weighted by molar-refractivity contribution is 7.89. The Morgan fingerprint density at radius 1 is 1.75 bits per heavy atom. The molecule has 6 nitrogen and oxygen atoms in total. The summed E-state index contributed by atoms with van der Waals surface area (Å²) in [5, 5.41) is 3.85. The molecule has 1 aromatic heterocycles. The summed E-state index contributed by atoms with van der Waals surface area (Å²) in [5.41, 5.74) is 5.52. The van der Waals surface area contributed by atoms with Crippen molar-refractivity contribution >= 4 is 15.8 Å². The molecule has 1 rings (SSSR count).